The van der Waals surface area contributed by atoms with Gasteiger partial charge in [-0.1, -0.05) is 0 Å². The molecule has 0 fully saturated rings. The van der Waals surface area contributed by atoms with Gasteiger partial charge in [-0.05, 0) is 0 Å². The van der Waals surface area contributed by atoms with Crippen molar-refractivity contribution in [3.8, 4) is 11.6 Å². The lowest BCUT2D eigenvalue weighted by atomic mass is 10.1. The average Bonchev–Trinajstić information content (AvgIpc) is 2.27. The molecule has 5 heteroatoms. The Morgan fingerprint density at radius 2 is 2.21 bits per heavy atom. The van der Waals surface area contributed by atoms with Crippen LogP contribution < -0.4 is 15.2 Å². The normalized spacial score (nSPS) is 9.64. The van der Waals surface area contributed by atoms with E-state index < -0.39 is 0 Å². The fourth-order valence-corrected chi connectivity index (χ4v) is 1.03. The summed E-state index contributed by atoms with van der Waals surface area (Å²) in [7, 11) is 2.95. The third kappa shape index (κ3) is 2.00. The number of ether oxygens (including phenoxy) is 2. The molecule has 0 unspecified atom stereocenters. The van der Waals surface area contributed by atoms with Crippen LogP contribution >= 0.6 is 0 Å². The molecular formula is C9H12N2O3. The van der Waals surface area contributed by atoms with Gasteiger partial charge in [0.05, 0.1) is 32.5 Å². The maximum absolute atomic E-state index is 11.4. The van der Waals surface area contributed by atoms with E-state index in [-0.39, 0.29) is 12.3 Å². The summed E-state index contributed by atoms with van der Waals surface area (Å²) < 4.78 is 9.86. The van der Waals surface area contributed by atoms with Crippen molar-refractivity contribution in [2.24, 2.45) is 5.73 Å². The van der Waals surface area contributed by atoms with Gasteiger partial charge in [-0.3, -0.25) is 4.79 Å². The summed E-state index contributed by atoms with van der Waals surface area (Å²) in [6.07, 6.45) is 1.43. The minimum atomic E-state index is -0.206. The van der Waals surface area contributed by atoms with Gasteiger partial charge in [0.1, 0.15) is 5.75 Å². The molecule has 0 spiro atoms. The summed E-state index contributed by atoms with van der Waals surface area (Å²) in [5, 5.41) is 0. The fourth-order valence-electron chi connectivity index (χ4n) is 1.03. The molecule has 0 atom stereocenters. The van der Waals surface area contributed by atoms with Gasteiger partial charge in [-0.2, -0.15) is 0 Å². The Labute approximate surface area is 81.8 Å². The molecule has 1 aromatic rings. The lowest BCUT2D eigenvalue weighted by Gasteiger charge is -2.07. The molecule has 0 aliphatic heterocycles. The van der Waals surface area contributed by atoms with Crippen molar-refractivity contribution in [1.29, 1.82) is 0 Å². The number of methoxy groups -OCH3 is 2. The Hall–Kier alpha value is -1.62. The Morgan fingerprint density at radius 3 is 2.71 bits per heavy atom. The number of nitrogens with zero attached hydrogens (tertiary/aromatic N) is 1. The summed E-state index contributed by atoms with van der Waals surface area (Å²) in [5.74, 6) is 0.561. The number of ketones is 1. The number of aromatic nitrogens is 1. The van der Waals surface area contributed by atoms with Gasteiger partial charge in [-0.15, -0.1) is 0 Å². The van der Waals surface area contributed by atoms with Crippen molar-refractivity contribution in [2.75, 3.05) is 20.8 Å². The predicted octanol–water partition coefficient (Wildman–Crippen LogP) is 0.240. The van der Waals surface area contributed by atoms with Gasteiger partial charge >= 0.3 is 0 Å². The van der Waals surface area contributed by atoms with E-state index >= 15 is 0 Å². The van der Waals surface area contributed by atoms with E-state index in [9.17, 15) is 4.79 Å². The highest BCUT2D eigenvalue weighted by molar-refractivity contribution is 6.00. The van der Waals surface area contributed by atoms with E-state index in [1.54, 1.807) is 0 Å². The van der Waals surface area contributed by atoms with Crippen LogP contribution in [-0.2, 0) is 0 Å². The van der Waals surface area contributed by atoms with Crippen molar-refractivity contribution < 1.29 is 14.3 Å². The number of rotatable bonds is 4. The van der Waals surface area contributed by atoms with E-state index in [1.807, 2.05) is 0 Å². The maximum Gasteiger partial charge on any atom is 0.213 e. The zero-order valence-corrected chi connectivity index (χ0v) is 8.11. The van der Waals surface area contributed by atoms with E-state index in [2.05, 4.69) is 4.98 Å². The number of nitrogens with two attached hydrogens (primary N) is 1. The topological polar surface area (TPSA) is 74.4 Å². The quantitative estimate of drug-likeness (QED) is 0.698. The monoisotopic (exact) mass is 196 g/mol. The fraction of sp³-hybridized carbons (Fsp3) is 0.333. The van der Waals surface area contributed by atoms with E-state index in [0.29, 0.717) is 17.2 Å². The third-order valence-electron chi connectivity index (χ3n) is 1.76. The van der Waals surface area contributed by atoms with E-state index in [0.717, 1.165) is 0 Å². The molecule has 0 aromatic carbocycles. The van der Waals surface area contributed by atoms with Crippen molar-refractivity contribution in [2.45, 2.75) is 0 Å². The highest BCUT2D eigenvalue weighted by atomic mass is 16.5. The van der Waals surface area contributed by atoms with Crippen LogP contribution in [0.3, 0.4) is 0 Å². The van der Waals surface area contributed by atoms with Crippen molar-refractivity contribution >= 4 is 5.78 Å². The average molecular weight is 196 g/mol. The lowest BCUT2D eigenvalue weighted by Crippen LogP contribution is -2.15. The first-order valence-corrected chi connectivity index (χ1v) is 4.04. The second-order valence-electron chi connectivity index (χ2n) is 2.55. The van der Waals surface area contributed by atoms with Crippen LogP contribution in [0.5, 0.6) is 11.6 Å². The summed E-state index contributed by atoms with van der Waals surface area (Å²) in [6, 6.07) is 1.51. The molecule has 2 N–H and O–H groups in total. The van der Waals surface area contributed by atoms with Crippen LogP contribution in [0, 0.1) is 0 Å². The smallest absolute Gasteiger partial charge is 0.213 e. The van der Waals surface area contributed by atoms with Gasteiger partial charge < -0.3 is 15.2 Å². The Morgan fingerprint density at radius 1 is 1.50 bits per heavy atom. The van der Waals surface area contributed by atoms with Gasteiger partial charge in [0, 0.05) is 6.07 Å². The molecule has 0 saturated carbocycles. The first-order valence-electron chi connectivity index (χ1n) is 4.04. The number of hydrogen-bond acceptors (Lipinski definition) is 5. The molecule has 76 valence electrons. The molecule has 5 nitrogen and oxygen atoms in total. The number of hydrogen-bond donors (Lipinski definition) is 1. The van der Waals surface area contributed by atoms with Gasteiger partial charge in [-0.25, -0.2) is 4.98 Å². The number of carbonyl (C=O) groups is 1. The minimum absolute atomic E-state index is 0.0659. The number of pyridine rings is 1. The largest absolute Gasteiger partial charge is 0.494 e. The standard InChI is InChI=1S/C9H12N2O3/c1-13-8-5-11-9(14-2)3-6(8)7(12)4-10/h3,5H,4,10H2,1-2H3. The van der Waals surface area contributed by atoms with Gasteiger partial charge in [0.25, 0.3) is 0 Å². The highest BCUT2D eigenvalue weighted by Crippen LogP contribution is 2.21. The van der Waals surface area contributed by atoms with Crippen LogP contribution in [-0.4, -0.2) is 31.5 Å². The van der Waals surface area contributed by atoms with Crippen LogP contribution in [0.25, 0.3) is 0 Å². The van der Waals surface area contributed by atoms with Crippen molar-refractivity contribution in [3.05, 3.63) is 17.8 Å². The Bertz CT molecular complexity index is 339. The summed E-state index contributed by atoms with van der Waals surface area (Å²) in [5.41, 5.74) is 5.64. The summed E-state index contributed by atoms with van der Waals surface area (Å²) >= 11 is 0. The van der Waals surface area contributed by atoms with Crippen LogP contribution in [0.15, 0.2) is 12.3 Å². The Balaban J connectivity index is 3.14. The molecule has 0 saturated heterocycles. The molecule has 0 amide bonds. The molecule has 1 rings (SSSR count). The third-order valence-corrected chi connectivity index (χ3v) is 1.76. The van der Waals surface area contributed by atoms with Crippen LogP contribution in [0.4, 0.5) is 0 Å². The molecule has 0 radical (unpaired) electrons. The molecule has 14 heavy (non-hydrogen) atoms. The van der Waals surface area contributed by atoms with Gasteiger partial charge in [0.15, 0.2) is 5.78 Å². The van der Waals surface area contributed by atoms with Crippen molar-refractivity contribution in [1.82, 2.24) is 4.98 Å². The van der Waals surface area contributed by atoms with E-state index in [1.165, 1.54) is 26.5 Å². The maximum atomic E-state index is 11.4. The second kappa shape index (κ2) is 4.57. The van der Waals surface area contributed by atoms with Crippen molar-refractivity contribution in [3.63, 3.8) is 0 Å². The molecular weight excluding hydrogens is 184 g/mol. The molecule has 0 aliphatic carbocycles. The minimum Gasteiger partial charge on any atom is -0.494 e. The molecule has 0 bridgehead atoms. The van der Waals surface area contributed by atoms with Crippen LogP contribution in [0.2, 0.25) is 0 Å². The zero-order valence-electron chi connectivity index (χ0n) is 8.11. The number of carbonyl (C=O) groups excluding carboxylic acids is 1. The lowest BCUT2D eigenvalue weighted by molar-refractivity contribution is 0.0998. The SMILES string of the molecule is COc1cc(C(=O)CN)c(OC)cn1. The molecule has 1 heterocycles. The van der Waals surface area contributed by atoms with E-state index in [4.69, 9.17) is 15.2 Å². The Kier molecular flexibility index (Phi) is 3.41. The zero-order chi connectivity index (χ0) is 10.6. The number of Topliss-reactive ketones (excluding diaryl/α,β-unsaturated/α-hetero) is 1. The van der Waals surface area contributed by atoms with Gasteiger partial charge in [0.2, 0.25) is 5.88 Å². The summed E-state index contributed by atoms with van der Waals surface area (Å²) in [4.78, 5) is 15.3. The molecule has 1 aromatic heterocycles. The first-order chi connectivity index (χ1) is 6.72. The first kappa shape index (κ1) is 10.5. The van der Waals surface area contributed by atoms with Crippen LogP contribution in [0.1, 0.15) is 10.4 Å². The summed E-state index contributed by atoms with van der Waals surface area (Å²) in [6.45, 7) is -0.0659. The second-order valence-corrected chi connectivity index (χ2v) is 2.55. The molecule has 0 aliphatic rings. The predicted molar refractivity (Wildman–Crippen MR) is 50.7 cm³/mol. The highest BCUT2D eigenvalue weighted by Gasteiger charge is 2.12.